The lowest BCUT2D eigenvalue weighted by Crippen LogP contribution is -2.22. The number of aliphatic imine (C=N–C) groups is 1. The SMILES string of the molecule is CC/C=N\CN(CC)CC. The molecular weight excluding hydrogens is 124 g/mol. The van der Waals surface area contributed by atoms with Gasteiger partial charge in [0.15, 0.2) is 0 Å². The van der Waals surface area contributed by atoms with Crippen LogP contribution in [0.5, 0.6) is 0 Å². The Kier molecular flexibility index (Phi) is 6.50. The predicted octanol–water partition coefficient (Wildman–Crippen LogP) is 1.77. The summed E-state index contributed by atoms with van der Waals surface area (Å²) in [6.45, 7) is 9.47. The molecule has 0 aromatic carbocycles. The second kappa shape index (κ2) is 6.75. The fraction of sp³-hybridized carbons (Fsp3) is 0.875. The van der Waals surface area contributed by atoms with Crippen LogP contribution in [0, 0.1) is 0 Å². The second-order valence-electron chi connectivity index (χ2n) is 2.22. The van der Waals surface area contributed by atoms with Crippen molar-refractivity contribution >= 4 is 6.21 Å². The van der Waals surface area contributed by atoms with Crippen molar-refractivity contribution in [3.63, 3.8) is 0 Å². The summed E-state index contributed by atoms with van der Waals surface area (Å²) in [7, 11) is 0. The summed E-state index contributed by atoms with van der Waals surface area (Å²) in [5.74, 6) is 0. The monoisotopic (exact) mass is 142 g/mol. The van der Waals surface area contributed by atoms with Gasteiger partial charge in [0.1, 0.15) is 0 Å². The van der Waals surface area contributed by atoms with Crippen molar-refractivity contribution in [3.8, 4) is 0 Å². The molecule has 0 N–H and O–H groups in total. The Hall–Kier alpha value is -0.370. The van der Waals surface area contributed by atoms with Gasteiger partial charge >= 0.3 is 0 Å². The minimum atomic E-state index is 0.862. The van der Waals surface area contributed by atoms with Gasteiger partial charge in [0, 0.05) is 6.21 Å². The molecule has 0 atom stereocenters. The number of rotatable bonds is 5. The first-order valence-corrected chi connectivity index (χ1v) is 4.05. The first-order valence-electron chi connectivity index (χ1n) is 4.05. The Morgan fingerprint density at radius 3 is 2.20 bits per heavy atom. The van der Waals surface area contributed by atoms with E-state index in [2.05, 4.69) is 30.7 Å². The van der Waals surface area contributed by atoms with E-state index in [0.29, 0.717) is 0 Å². The fourth-order valence-corrected chi connectivity index (χ4v) is 0.726. The molecule has 0 fully saturated rings. The third-order valence-corrected chi connectivity index (χ3v) is 1.49. The molecule has 0 saturated heterocycles. The smallest absolute Gasteiger partial charge is 0.0905 e. The van der Waals surface area contributed by atoms with E-state index < -0.39 is 0 Å². The average molecular weight is 142 g/mol. The first-order chi connectivity index (χ1) is 4.85. The van der Waals surface area contributed by atoms with Crippen LogP contribution >= 0.6 is 0 Å². The van der Waals surface area contributed by atoms with E-state index in [0.717, 1.165) is 26.2 Å². The highest BCUT2D eigenvalue weighted by atomic mass is 15.2. The summed E-state index contributed by atoms with van der Waals surface area (Å²) in [4.78, 5) is 6.52. The summed E-state index contributed by atoms with van der Waals surface area (Å²) < 4.78 is 0. The molecule has 0 aliphatic heterocycles. The van der Waals surface area contributed by atoms with Gasteiger partial charge in [-0.25, -0.2) is 0 Å². The van der Waals surface area contributed by atoms with Gasteiger partial charge in [0.2, 0.25) is 0 Å². The maximum Gasteiger partial charge on any atom is 0.0905 e. The van der Waals surface area contributed by atoms with Crippen LogP contribution < -0.4 is 0 Å². The molecule has 60 valence electrons. The molecule has 0 radical (unpaired) electrons. The highest BCUT2D eigenvalue weighted by Crippen LogP contribution is 1.85. The average Bonchev–Trinajstić information content (AvgIpc) is 1.99. The molecule has 0 bridgehead atoms. The lowest BCUT2D eigenvalue weighted by atomic mass is 10.5. The third kappa shape index (κ3) is 4.50. The van der Waals surface area contributed by atoms with Crippen LogP contribution in [-0.2, 0) is 0 Å². The highest BCUT2D eigenvalue weighted by molar-refractivity contribution is 5.56. The molecule has 0 aromatic heterocycles. The van der Waals surface area contributed by atoms with Crippen molar-refractivity contribution in [1.29, 1.82) is 0 Å². The summed E-state index contributed by atoms with van der Waals surface area (Å²) in [5, 5.41) is 0. The Balaban J connectivity index is 3.34. The summed E-state index contributed by atoms with van der Waals surface area (Å²) in [6.07, 6.45) is 3.01. The molecule has 0 aromatic rings. The van der Waals surface area contributed by atoms with Crippen LogP contribution in [0.1, 0.15) is 27.2 Å². The highest BCUT2D eigenvalue weighted by Gasteiger charge is 1.92. The van der Waals surface area contributed by atoms with Gasteiger partial charge in [-0.1, -0.05) is 20.8 Å². The molecule has 2 nitrogen and oxygen atoms in total. The molecule has 0 saturated carbocycles. The van der Waals surface area contributed by atoms with E-state index in [4.69, 9.17) is 0 Å². The molecule has 0 rings (SSSR count). The van der Waals surface area contributed by atoms with E-state index in [1.54, 1.807) is 0 Å². The number of hydrogen-bond donors (Lipinski definition) is 0. The molecule has 2 heteroatoms. The third-order valence-electron chi connectivity index (χ3n) is 1.49. The maximum atomic E-state index is 4.23. The molecule has 0 aliphatic carbocycles. The van der Waals surface area contributed by atoms with Crippen LogP contribution in [0.3, 0.4) is 0 Å². The Morgan fingerprint density at radius 2 is 1.80 bits per heavy atom. The number of hydrogen-bond acceptors (Lipinski definition) is 2. The van der Waals surface area contributed by atoms with Gasteiger partial charge in [-0.05, 0) is 19.5 Å². The zero-order valence-electron chi connectivity index (χ0n) is 7.30. The van der Waals surface area contributed by atoms with Crippen molar-refractivity contribution in [2.24, 2.45) is 4.99 Å². The molecule has 0 spiro atoms. The van der Waals surface area contributed by atoms with E-state index in [9.17, 15) is 0 Å². The van der Waals surface area contributed by atoms with Gasteiger partial charge in [-0.3, -0.25) is 9.89 Å². The van der Waals surface area contributed by atoms with Crippen molar-refractivity contribution in [1.82, 2.24) is 4.90 Å². The fourth-order valence-electron chi connectivity index (χ4n) is 0.726. The van der Waals surface area contributed by atoms with Crippen LogP contribution in [0.2, 0.25) is 0 Å². The topological polar surface area (TPSA) is 15.6 Å². The molecule has 0 aliphatic rings. The lowest BCUT2D eigenvalue weighted by molar-refractivity contribution is 0.315. The van der Waals surface area contributed by atoms with Gasteiger partial charge in [-0.2, -0.15) is 0 Å². The normalized spacial score (nSPS) is 11.6. The summed E-state index contributed by atoms with van der Waals surface area (Å²) in [6, 6.07) is 0. The van der Waals surface area contributed by atoms with Gasteiger partial charge in [-0.15, -0.1) is 0 Å². The molecular formula is C8H18N2. The van der Waals surface area contributed by atoms with Crippen molar-refractivity contribution in [2.75, 3.05) is 19.8 Å². The number of nitrogens with zero attached hydrogens (tertiary/aromatic N) is 2. The van der Waals surface area contributed by atoms with E-state index in [1.807, 2.05) is 6.21 Å². The predicted molar refractivity (Wildman–Crippen MR) is 46.6 cm³/mol. The Labute approximate surface area is 63.9 Å². The standard InChI is InChI=1S/C8H18N2/c1-4-7-9-8-10(5-2)6-3/h7H,4-6,8H2,1-3H3/b9-7-. The molecule has 0 unspecified atom stereocenters. The van der Waals surface area contributed by atoms with E-state index >= 15 is 0 Å². The Bertz CT molecular complexity index is 85.3. The van der Waals surface area contributed by atoms with Gasteiger partial charge in [0.25, 0.3) is 0 Å². The van der Waals surface area contributed by atoms with E-state index in [-0.39, 0.29) is 0 Å². The van der Waals surface area contributed by atoms with Crippen LogP contribution in [-0.4, -0.2) is 30.9 Å². The van der Waals surface area contributed by atoms with Gasteiger partial charge < -0.3 is 0 Å². The molecule has 0 amide bonds. The maximum absolute atomic E-state index is 4.23. The molecule has 10 heavy (non-hydrogen) atoms. The quantitative estimate of drug-likeness (QED) is 0.534. The summed E-state index contributed by atoms with van der Waals surface area (Å²) >= 11 is 0. The molecule has 0 heterocycles. The largest absolute Gasteiger partial charge is 0.285 e. The van der Waals surface area contributed by atoms with Gasteiger partial charge in [0.05, 0.1) is 6.67 Å². The summed E-state index contributed by atoms with van der Waals surface area (Å²) in [5.41, 5.74) is 0. The van der Waals surface area contributed by atoms with Crippen molar-refractivity contribution in [2.45, 2.75) is 27.2 Å². The van der Waals surface area contributed by atoms with Crippen LogP contribution in [0.4, 0.5) is 0 Å². The first kappa shape index (κ1) is 9.63. The Morgan fingerprint density at radius 1 is 1.20 bits per heavy atom. The van der Waals surface area contributed by atoms with Crippen molar-refractivity contribution < 1.29 is 0 Å². The van der Waals surface area contributed by atoms with Crippen molar-refractivity contribution in [3.05, 3.63) is 0 Å². The zero-order valence-corrected chi connectivity index (χ0v) is 7.30. The van der Waals surface area contributed by atoms with E-state index in [1.165, 1.54) is 0 Å². The van der Waals surface area contributed by atoms with Crippen LogP contribution in [0.15, 0.2) is 4.99 Å². The minimum Gasteiger partial charge on any atom is -0.285 e. The second-order valence-corrected chi connectivity index (χ2v) is 2.22. The minimum absolute atomic E-state index is 0.862. The van der Waals surface area contributed by atoms with Crippen LogP contribution in [0.25, 0.3) is 0 Å². The zero-order chi connectivity index (χ0) is 7.82. The lowest BCUT2D eigenvalue weighted by Gasteiger charge is -2.13.